The molecule has 106 valence electrons. The van der Waals surface area contributed by atoms with Crippen LogP contribution in [0.2, 0.25) is 0 Å². The van der Waals surface area contributed by atoms with Crippen LogP contribution in [0.3, 0.4) is 0 Å². The van der Waals surface area contributed by atoms with E-state index in [2.05, 4.69) is 5.32 Å². The van der Waals surface area contributed by atoms with Gasteiger partial charge in [0, 0.05) is 12.1 Å². The molecule has 4 nitrogen and oxygen atoms in total. The van der Waals surface area contributed by atoms with Crippen molar-refractivity contribution in [3.05, 3.63) is 30.1 Å². The van der Waals surface area contributed by atoms with Gasteiger partial charge in [-0.15, -0.1) is 0 Å². The van der Waals surface area contributed by atoms with Crippen LogP contribution in [-0.2, 0) is 4.79 Å². The Morgan fingerprint density at radius 3 is 2.37 bits per heavy atom. The van der Waals surface area contributed by atoms with Crippen LogP contribution in [0.25, 0.3) is 0 Å². The van der Waals surface area contributed by atoms with E-state index in [4.69, 9.17) is 5.11 Å². The summed E-state index contributed by atoms with van der Waals surface area (Å²) in [4.78, 5) is 11.8. The molecule has 3 N–H and O–H groups in total. The molecule has 1 aromatic carbocycles. The van der Waals surface area contributed by atoms with E-state index in [0.717, 1.165) is 0 Å². The molecule has 0 spiro atoms. The van der Waals surface area contributed by atoms with Gasteiger partial charge in [0.1, 0.15) is 5.82 Å². The molecule has 2 atom stereocenters. The first-order valence-corrected chi connectivity index (χ1v) is 6.28. The van der Waals surface area contributed by atoms with E-state index in [0.29, 0.717) is 5.69 Å². The van der Waals surface area contributed by atoms with Crippen molar-refractivity contribution in [1.82, 2.24) is 0 Å². The fourth-order valence-corrected chi connectivity index (χ4v) is 1.91. The molecule has 0 aliphatic carbocycles. The summed E-state index contributed by atoms with van der Waals surface area (Å²) in [7, 11) is 0. The Morgan fingerprint density at radius 2 is 1.89 bits per heavy atom. The fourth-order valence-electron chi connectivity index (χ4n) is 1.91. The highest BCUT2D eigenvalue weighted by atomic mass is 19.1. The Labute approximate surface area is 112 Å². The molecule has 0 saturated heterocycles. The summed E-state index contributed by atoms with van der Waals surface area (Å²) in [6.07, 6.45) is -0.810. The average Bonchev–Trinajstić information content (AvgIpc) is 2.37. The minimum absolute atomic E-state index is 0.0705. The Bertz CT molecular complexity index is 406. The average molecular weight is 269 g/mol. The van der Waals surface area contributed by atoms with Crippen LogP contribution >= 0.6 is 0 Å². The van der Waals surface area contributed by atoms with Crippen LogP contribution in [-0.4, -0.2) is 28.8 Å². The first-order chi connectivity index (χ1) is 8.93. The minimum Gasteiger partial charge on any atom is -0.394 e. The maximum atomic E-state index is 12.7. The number of hydrogen-bond donors (Lipinski definition) is 3. The second kappa shape index (κ2) is 7.21. The molecule has 19 heavy (non-hydrogen) atoms. The minimum atomic E-state index is -0.918. The van der Waals surface area contributed by atoms with Crippen LogP contribution in [0.4, 0.5) is 10.1 Å². The standard InChI is InChI=1S/C14H20FNO3/c1-9(2)12(13(18)8-17)7-14(19)16-11-5-3-10(15)4-6-11/h3-6,9,12-13,17-18H,7-8H2,1-2H3,(H,16,19). The zero-order chi connectivity index (χ0) is 14.4. The molecule has 0 saturated carbocycles. The maximum Gasteiger partial charge on any atom is 0.224 e. The highest BCUT2D eigenvalue weighted by Gasteiger charge is 2.24. The molecule has 0 aliphatic heterocycles. The Kier molecular flexibility index (Phi) is 5.92. The van der Waals surface area contributed by atoms with E-state index in [1.54, 1.807) is 0 Å². The summed E-state index contributed by atoms with van der Waals surface area (Å²) < 4.78 is 12.7. The molecule has 0 aromatic heterocycles. The number of aliphatic hydroxyl groups is 2. The number of carbonyl (C=O) groups excluding carboxylic acids is 1. The molecule has 2 unspecified atom stereocenters. The van der Waals surface area contributed by atoms with Crippen molar-refractivity contribution < 1.29 is 19.4 Å². The van der Waals surface area contributed by atoms with Crippen LogP contribution in [0, 0.1) is 17.7 Å². The van der Waals surface area contributed by atoms with Gasteiger partial charge in [0.2, 0.25) is 5.91 Å². The lowest BCUT2D eigenvalue weighted by Crippen LogP contribution is -2.32. The number of aliphatic hydroxyl groups excluding tert-OH is 2. The van der Waals surface area contributed by atoms with E-state index in [1.165, 1.54) is 24.3 Å². The number of anilines is 1. The van der Waals surface area contributed by atoms with Crippen molar-refractivity contribution in [1.29, 1.82) is 0 Å². The highest BCUT2D eigenvalue weighted by molar-refractivity contribution is 5.90. The zero-order valence-corrected chi connectivity index (χ0v) is 11.1. The number of amides is 1. The summed E-state index contributed by atoms with van der Waals surface area (Å²) in [5.74, 6) is -0.877. The number of hydrogen-bond acceptors (Lipinski definition) is 3. The zero-order valence-electron chi connectivity index (χ0n) is 11.1. The number of nitrogens with one attached hydrogen (secondary N) is 1. The van der Waals surface area contributed by atoms with E-state index in [-0.39, 0.29) is 36.6 Å². The van der Waals surface area contributed by atoms with Crippen molar-refractivity contribution in [3.8, 4) is 0 Å². The smallest absolute Gasteiger partial charge is 0.224 e. The summed E-state index contributed by atoms with van der Waals surface area (Å²) in [5, 5.41) is 21.3. The third-order valence-electron chi connectivity index (χ3n) is 3.09. The predicted octanol–water partition coefficient (Wildman–Crippen LogP) is 1.78. The normalized spacial score (nSPS) is 14.2. The summed E-state index contributed by atoms with van der Waals surface area (Å²) in [5.41, 5.74) is 0.507. The van der Waals surface area contributed by atoms with Gasteiger partial charge >= 0.3 is 0 Å². The molecule has 0 aliphatic rings. The Balaban J connectivity index is 2.60. The van der Waals surface area contributed by atoms with E-state index in [1.807, 2.05) is 13.8 Å². The van der Waals surface area contributed by atoms with Gasteiger partial charge in [0.25, 0.3) is 0 Å². The summed E-state index contributed by atoms with van der Waals surface area (Å²) in [6, 6.07) is 5.47. The van der Waals surface area contributed by atoms with Gasteiger partial charge in [-0.3, -0.25) is 4.79 Å². The van der Waals surface area contributed by atoms with Crippen LogP contribution in [0.1, 0.15) is 20.3 Å². The first-order valence-electron chi connectivity index (χ1n) is 6.28. The maximum absolute atomic E-state index is 12.7. The summed E-state index contributed by atoms with van der Waals surface area (Å²) in [6.45, 7) is 3.40. The Morgan fingerprint density at radius 1 is 1.32 bits per heavy atom. The topological polar surface area (TPSA) is 69.6 Å². The van der Waals surface area contributed by atoms with Gasteiger partial charge in [0.15, 0.2) is 0 Å². The van der Waals surface area contributed by atoms with Crippen LogP contribution < -0.4 is 5.32 Å². The van der Waals surface area contributed by atoms with E-state index < -0.39 is 6.10 Å². The van der Waals surface area contributed by atoms with Gasteiger partial charge in [0.05, 0.1) is 12.7 Å². The largest absolute Gasteiger partial charge is 0.394 e. The molecule has 5 heteroatoms. The van der Waals surface area contributed by atoms with Crippen LogP contribution in [0.5, 0.6) is 0 Å². The highest BCUT2D eigenvalue weighted by Crippen LogP contribution is 2.20. The van der Waals surface area contributed by atoms with E-state index >= 15 is 0 Å². The van der Waals surface area contributed by atoms with Crippen molar-refractivity contribution in [2.45, 2.75) is 26.4 Å². The lowest BCUT2D eigenvalue weighted by Gasteiger charge is -2.24. The molecule has 1 amide bonds. The number of halogens is 1. The monoisotopic (exact) mass is 269 g/mol. The van der Waals surface area contributed by atoms with Crippen molar-refractivity contribution >= 4 is 11.6 Å². The van der Waals surface area contributed by atoms with Crippen molar-refractivity contribution in [2.75, 3.05) is 11.9 Å². The van der Waals surface area contributed by atoms with Crippen molar-refractivity contribution in [2.24, 2.45) is 11.8 Å². The number of carbonyl (C=O) groups is 1. The first kappa shape index (κ1) is 15.6. The van der Waals surface area contributed by atoms with E-state index in [9.17, 15) is 14.3 Å². The molecule has 0 bridgehead atoms. The third kappa shape index (κ3) is 4.96. The molecule has 0 heterocycles. The molecular formula is C14H20FNO3. The second-order valence-corrected chi connectivity index (χ2v) is 4.92. The third-order valence-corrected chi connectivity index (χ3v) is 3.09. The van der Waals surface area contributed by atoms with Crippen LogP contribution in [0.15, 0.2) is 24.3 Å². The Hall–Kier alpha value is -1.46. The molecular weight excluding hydrogens is 249 g/mol. The second-order valence-electron chi connectivity index (χ2n) is 4.92. The molecule has 1 aromatic rings. The van der Waals surface area contributed by atoms with Gasteiger partial charge in [-0.25, -0.2) is 4.39 Å². The lowest BCUT2D eigenvalue weighted by atomic mass is 9.87. The predicted molar refractivity (Wildman–Crippen MR) is 71.1 cm³/mol. The summed E-state index contributed by atoms with van der Waals surface area (Å²) >= 11 is 0. The van der Waals surface area contributed by atoms with Gasteiger partial charge in [-0.2, -0.15) is 0 Å². The van der Waals surface area contributed by atoms with Gasteiger partial charge in [-0.1, -0.05) is 13.8 Å². The molecule has 1 rings (SSSR count). The molecule has 0 radical (unpaired) electrons. The SMILES string of the molecule is CC(C)C(CC(=O)Nc1ccc(F)cc1)C(O)CO. The molecule has 0 fully saturated rings. The quantitative estimate of drug-likeness (QED) is 0.737. The fraction of sp³-hybridized carbons (Fsp3) is 0.500. The van der Waals surface area contributed by atoms with Gasteiger partial charge in [-0.05, 0) is 36.1 Å². The van der Waals surface area contributed by atoms with Gasteiger partial charge < -0.3 is 15.5 Å². The van der Waals surface area contributed by atoms with Crippen molar-refractivity contribution in [3.63, 3.8) is 0 Å². The number of benzene rings is 1. The lowest BCUT2D eigenvalue weighted by molar-refractivity contribution is -0.119. The number of rotatable bonds is 6.